The van der Waals surface area contributed by atoms with E-state index in [1.807, 2.05) is 0 Å². The molecule has 0 radical (unpaired) electrons. The van der Waals surface area contributed by atoms with Gasteiger partial charge in [0.15, 0.2) is 0 Å². The Hall–Kier alpha value is -0.330. The van der Waals surface area contributed by atoms with Crippen molar-refractivity contribution < 1.29 is 4.79 Å². The number of unbranched alkanes of at least 4 members (excludes halogenated alkanes) is 2. The summed E-state index contributed by atoms with van der Waals surface area (Å²) in [5, 5.41) is 0. The molecule has 0 unspecified atom stereocenters. The van der Waals surface area contributed by atoms with Crippen molar-refractivity contribution in [1.82, 2.24) is 0 Å². The molecule has 0 aromatic rings. The molecule has 0 fully saturated rings. The molecule has 0 amide bonds. The minimum Gasteiger partial charge on any atom is -0.299 e. The first-order chi connectivity index (χ1) is 6.76. The highest BCUT2D eigenvalue weighted by Gasteiger charge is 2.15. The highest BCUT2D eigenvalue weighted by atomic mass is 16.1. The van der Waals surface area contributed by atoms with Crippen molar-refractivity contribution in [2.45, 2.75) is 72.1 Å². The molecule has 84 valence electrons. The topological polar surface area (TPSA) is 17.1 Å². The van der Waals surface area contributed by atoms with E-state index in [9.17, 15) is 4.79 Å². The molecule has 0 saturated carbocycles. The zero-order valence-electron chi connectivity index (χ0n) is 10.1. The van der Waals surface area contributed by atoms with Crippen molar-refractivity contribution in [1.29, 1.82) is 0 Å². The van der Waals surface area contributed by atoms with E-state index in [0.717, 1.165) is 38.5 Å². The van der Waals surface area contributed by atoms with Crippen LogP contribution in [0.5, 0.6) is 0 Å². The summed E-state index contributed by atoms with van der Waals surface area (Å²) in [5.74, 6) is 0.879. The summed E-state index contributed by atoms with van der Waals surface area (Å²) in [4.78, 5) is 11.8. The van der Waals surface area contributed by atoms with Crippen LogP contribution in [0.1, 0.15) is 72.1 Å². The summed E-state index contributed by atoms with van der Waals surface area (Å²) in [5.41, 5.74) is 0. The van der Waals surface area contributed by atoms with E-state index in [0.29, 0.717) is 11.7 Å². The van der Waals surface area contributed by atoms with Crippen LogP contribution >= 0.6 is 0 Å². The van der Waals surface area contributed by atoms with Crippen LogP contribution in [0.15, 0.2) is 0 Å². The summed E-state index contributed by atoms with van der Waals surface area (Å²) in [6, 6.07) is 0. The molecule has 14 heavy (non-hydrogen) atoms. The van der Waals surface area contributed by atoms with Gasteiger partial charge in [0.1, 0.15) is 5.78 Å². The summed E-state index contributed by atoms with van der Waals surface area (Å²) in [7, 11) is 0. The molecule has 0 aromatic heterocycles. The third-order valence-electron chi connectivity index (χ3n) is 2.76. The minimum atomic E-state index is 0.363. The number of Topliss-reactive ketones (excluding diaryl/α,β-unsaturated/α-hetero) is 1. The van der Waals surface area contributed by atoms with Gasteiger partial charge in [0, 0.05) is 12.3 Å². The molecule has 0 spiro atoms. The summed E-state index contributed by atoms with van der Waals surface area (Å²) in [6.45, 7) is 6.52. The largest absolute Gasteiger partial charge is 0.299 e. The van der Waals surface area contributed by atoms with Crippen molar-refractivity contribution in [3.8, 4) is 0 Å². The molecule has 0 rings (SSSR count). The second-order valence-electron chi connectivity index (χ2n) is 4.20. The van der Waals surface area contributed by atoms with Crippen molar-refractivity contribution in [2.75, 3.05) is 0 Å². The normalized spacial score (nSPS) is 10.9. The van der Waals surface area contributed by atoms with Crippen LogP contribution in [0.4, 0.5) is 0 Å². The molecule has 0 N–H and O–H groups in total. The smallest absolute Gasteiger partial charge is 0.135 e. The van der Waals surface area contributed by atoms with Crippen LogP contribution in [0.25, 0.3) is 0 Å². The zero-order chi connectivity index (χ0) is 10.8. The van der Waals surface area contributed by atoms with Gasteiger partial charge in [0.25, 0.3) is 0 Å². The maximum absolute atomic E-state index is 11.8. The van der Waals surface area contributed by atoms with E-state index in [1.165, 1.54) is 12.8 Å². The molecule has 0 heterocycles. The van der Waals surface area contributed by atoms with Gasteiger partial charge < -0.3 is 0 Å². The van der Waals surface area contributed by atoms with Crippen molar-refractivity contribution >= 4 is 5.78 Å². The summed E-state index contributed by atoms with van der Waals surface area (Å²) in [6.07, 6.45) is 8.81. The molecule has 0 aromatic carbocycles. The fraction of sp³-hybridized carbons (Fsp3) is 0.923. The predicted molar refractivity (Wildman–Crippen MR) is 62.5 cm³/mol. The lowest BCUT2D eigenvalue weighted by Gasteiger charge is -2.13. The molecule has 1 nitrogen and oxygen atoms in total. The van der Waals surface area contributed by atoms with Gasteiger partial charge in [-0.1, -0.05) is 46.5 Å². The molecule has 0 bridgehead atoms. The third kappa shape index (κ3) is 6.17. The first kappa shape index (κ1) is 13.7. The SMILES string of the molecule is CCCCCC(=O)C(CCC)CCC. The number of carbonyl (C=O) groups is 1. The van der Waals surface area contributed by atoms with Crippen LogP contribution in [-0.2, 0) is 4.79 Å². The van der Waals surface area contributed by atoms with Gasteiger partial charge in [-0.3, -0.25) is 4.79 Å². The van der Waals surface area contributed by atoms with Gasteiger partial charge in [-0.25, -0.2) is 0 Å². The standard InChI is InChI=1S/C13H26O/c1-4-7-8-11-13(14)12(9-5-2)10-6-3/h12H,4-11H2,1-3H3. The van der Waals surface area contributed by atoms with Crippen LogP contribution in [0, 0.1) is 5.92 Å². The minimum absolute atomic E-state index is 0.363. The van der Waals surface area contributed by atoms with Crippen molar-refractivity contribution in [3.05, 3.63) is 0 Å². The predicted octanol–water partition coefficient (Wildman–Crippen LogP) is 4.35. The number of hydrogen-bond donors (Lipinski definition) is 0. The fourth-order valence-corrected chi connectivity index (χ4v) is 1.92. The lowest BCUT2D eigenvalue weighted by molar-refractivity contribution is -0.123. The number of ketones is 1. The molecule has 0 aliphatic carbocycles. The van der Waals surface area contributed by atoms with Crippen molar-refractivity contribution in [2.24, 2.45) is 5.92 Å². The van der Waals surface area contributed by atoms with Gasteiger partial charge in [0.2, 0.25) is 0 Å². The van der Waals surface area contributed by atoms with Crippen molar-refractivity contribution in [3.63, 3.8) is 0 Å². The van der Waals surface area contributed by atoms with E-state index in [-0.39, 0.29) is 0 Å². The molecular weight excluding hydrogens is 172 g/mol. The van der Waals surface area contributed by atoms with Gasteiger partial charge in [-0.15, -0.1) is 0 Å². The third-order valence-corrected chi connectivity index (χ3v) is 2.76. The van der Waals surface area contributed by atoms with E-state index in [2.05, 4.69) is 20.8 Å². The van der Waals surface area contributed by atoms with Crippen LogP contribution < -0.4 is 0 Å². The monoisotopic (exact) mass is 198 g/mol. The zero-order valence-corrected chi connectivity index (χ0v) is 10.1. The molecular formula is C13H26O. The van der Waals surface area contributed by atoms with Crippen LogP contribution in [-0.4, -0.2) is 5.78 Å². The second-order valence-corrected chi connectivity index (χ2v) is 4.20. The summed E-state index contributed by atoms with van der Waals surface area (Å²) < 4.78 is 0. The highest BCUT2D eigenvalue weighted by molar-refractivity contribution is 5.80. The Bertz CT molecular complexity index is 134. The molecule has 0 saturated heterocycles. The lowest BCUT2D eigenvalue weighted by Crippen LogP contribution is -2.13. The quantitative estimate of drug-likeness (QED) is 0.503. The van der Waals surface area contributed by atoms with Gasteiger partial charge in [0.05, 0.1) is 0 Å². The van der Waals surface area contributed by atoms with E-state index < -0.39 is 0 Å². The second kappa shape index (κ2) is 9.23. The number of rotatable bonds is 9. The first-order valence-corrected chi connectivity index (χ1v) is 6.28. The molecule has 0 atom stereocenters. The molecule has 1 heteroatoms. The Labute approximate surface area is 89.3 Å². The Balaban J connectivity index is 3.76. The first-order valence-electron chi connectivity index (χ1n) is 6.28. The van der Waals surface area contributed by atoms with Gasteiger partial charge >= 0.3 is 0 Å². The fourth-order valence-electron chi connectivity index (χ4n) is 1.92. The Morgan fingerprint density at radius 2 is 1.50 bits per heavy atom. The Morgan fingerprint density at radius 3 is 1.93 bits per heavy atom. The number of carbonyl (C=O) groups excluding carboxylic acids is 1. The van der Waals surface area contributed by atoms with Gasteiger partial charge in [-0.05, 0) is 19.3 Å². The maximum atomic E-state index is 11.8. The average molecular weight is 198 g/mol. The van der Waals surface area contributed by atoms with Gasteiger partial charge in [-0.2, -0.15) is 0 Å². The Kier molecular flexibility index (Phi) is 9.02. The summed E-state index contributed by atoms with van der Waals surface area (Å²) >= 11 is 0. The van der Waals surface area contributed by atoms with Crippen LogP contribution in [0.3, 0.4) is 0 Å². The Morgan fingerprint density at radius 1 is 0.929 bits per heavy atom. The number of hydrogen-bond acceptors (Lipinski definition) is 1. The average Bonchev–Trinajstić information content (AvgIpc) is 2.18. The van der Waals surface area contributed by atoms with Crippen LogP contribution in [0.2, 0.25) is 0 Å². The molecule has 0 aliphatic rings. The highest BCUT2D eigenvalue weighted by Crippen LogP contribution is 2.17. The molecule has 0 aliphatic heterocycles. The van der Waals surface area contributed by atoms with E-state index in [4.69, 9.17) is 0 Å². The lowest BCUT2D eigenvalue weighted by atomic mass is 9.91. The van der Waals surface area contributed by atoms with E-state index >= 15 is 0 Å². The maximum Gasteiger partial charge on any atom is 0.135 e. The van der Waals surface area contributed by atoms with E-state index in [1.54, 1.807) is 0 Å².